The van der Waals surface area contributed by atoms with Crippen LogP contribution in [0.5, 0.6) is 0 Å². The molecule has 0 spiro atoms. The lowest BCUT2D eigenvalue weighted by molar-refractivity contribution is -0.159. The number of esters is 1. The normalized spacial score (nSPS) is 19.5. The van der Waals surface area contributed by atoms with E-state index in [1.807, 2.05) is 20.8 Å². The molecule has 0 aromatic rings. The van der Waals surface area contributed by atoms with Crippen molar-refractivity contribution in [2.24, 2.45) is 5.41 Å². The van der Waals surface area contributed by atoms with Gasteiger partial charge in [0.25, 0.3) is 0 Å². The fraction of sp³-hybridized carbons (Fsp3) is 0.750. The van der Waals surface area contributed by atoms with Crippen LogP contribution in [0.2, 0.25) is 0 Å². The maximum absolute atomic E-state index is 11.6. The average molecular weight is 196 g/mol. The Morgan fingerprint density at radius 3 is 2.29 bits per heavy atom. The van der Waals surface area contributed by atoms with Crippen molar-refractivity contribution in [3.05, 3.63) is 12.2 Å². The Morgan fingerprint density at radius 2 is 1.86 bits per heavy atom. The van der Waals surface area contributed by atoms with Gasteiger partial charge in [-0.25, -0.2) is 0 Å². The van der Waals surface area contributed by atoms with E-state index in [4.69, 9.17) is 4.74 Å². The Labute approximate surface area is 86.3 Å². The zero-order valence-electron chi connectivity index (χ0n) is 9.43. The van der Waals surface area contributed by atoms with Gasteiger partial charge in [0.05, 0.1) is 5.41 Å². The summed E-state index contributed by atoms with van der Waals surface area (Å²) in [6, 6.07) is 0. The maximum Gasteiger partial charge on any atom is 0.311 e. The van der Waals surface area contributed by atoms with E-state index in [1.54, 1.807) is 0 Å². The molecule has 1 aliphatic rings. The van der Waals surface area contributed by atoms with E-state index in [0.29, 0.717) is 0 Å². The number of carbonyl (C=O) groups excluding carboxylic acids is 1. The van der Waals surface area contributed by atoms with Gasteiger partial charge in [0.2, 0.25) is 0 Å². The highest BCUT2D eigenvalue weighted by Gasteiger charge is 2.27. The lowest BCUT2D eigenvalue weighted by atomic mass is 9.93. The molecule has 1 fully saturated rings. The highest BCUT2D eigenvalue weighted by atomic mass is 16.5. The van der Waals surface area contributed by atoms with E-state index < -0.39 is 0 Å². The molecule has 0 atom stereocenters. The van der Waals surface area contributed by atoms with E-state index in [0.717, 1.165) is 25.7 Å². The second-order valence-corrected chi connectivity index (χ2v) is 5.10. The van der Waals surface area contributed by atoms with Crippen LogP contribution in [-0.2, 0) is 9.53 Å². The quantitative estimate of drug-likeness (QED) is 0.476. The first kappa shape index (κ1) is 11.3. The van der Waals surface area contributed by atoms with E-state index in [1.165, 1.54) is 5.57 Å². The van der Waals surface area contributed by atoms with Crippen molar-refractivity contribution < 1.29 is 9.53 Å². The SMILES string of the molecule is C=C1CCC(OC(=O)C(C)(C)C)CC1. The number of rotatable bonds is 1. The molecule has 0 unspecified atom stereocenters. The topological polar surface area (TPSA) is 26.3 Å². The number of hydrogen-bond acceptors (Lipinski definition) is 2. The summed E-state index contributed by atoms with van der Waals surface area (Å²) in [5.41, 5.74) is 0.905. The average Bonchev–Trinajstić information content (AvgIpc) is 2.07. The molecule has 2 heteroatoms. The van der Waals surface area contributed by atoms with E-state index >= 15 is 0 Å². The van der Waals surface area contributed by atoms with Gasteiger partial charge < -0.3 is 4.74 Å². The zero-order valence-corrected chi connectivity index (χ0v) is 9.43. The Kier molecular flexibility index (Phi) is 3.35. The smallest absolute Gasteiger partial charge is 0.311 e. The van der Waals surface area contributed by atoms with Crippen LogP contribution < -0.4 is 0 Å². The monoisotopic (exact) mass is 196 g/mol. The molecule has 0 amide bonds. The van der Waals surface area contributed by atoms with Gasteiger partial charge in [0, 0.05) is 0 Å². The van der Waals surface area contributed by atoms with Crippen molar-refractivity contribution in [3.8, 4) is 0 Å². The number of hydrogen-bond donors (Lipinski definition) is 0. The minimum atomic E-state index is -0.380. The van der Waals surface area contributed by atoms with Gasteiger partial charge in [-0.3, -0.25) is 4.79 Å². The molecule has 0 N–H and O–H groups in total. The summed E-state index contributed by atoms with van der Waals surface area (Å²) < 4.78 is 5.42. The molecule has 14 heavy (non-hydrogen) atoms. The molecule has 0 aliphatic heterocycles. The molecule has 2 nitrogen and oxygen atoms in total. The van der Waals surface area contributed by atoms with Crippen molar-refractivity contribution in [2.75, 3.05) is 0 Å². The maximum atomic E-state index is 11.6. The summed E-state index contributed by atoms with van der Waals surface area (Å²) >= 11 is 0. The van der Waals surface area contributed by atoms with Gasteiger partial charge in [0.1, 0.15) is 6.10 Å². The summed E-state index contributed by atoms with van der Waals surface area (Å²) in [5.74, 6) is -0.0880. The van der Waals surface area contributed by atoms with Gasteiger partial charge in [0.15, 0.2) is 0 Å². The van der Waals surface area contributed by atoms with Gasteiger partial charge in [-0.05, 0) is 46.5 Å². The molecule has 0 aromatic heterocycles. The molecule has 0 bridgehead atoms. The third-order valence-electron chi connectivity index (χ3n) is 2.53. The van der Waals surface area contributed by atoms with Crippen molar-refractivity contribution in [3.63, 3.8) is 0 Å². The van der Waals surface area contributed by atoms with Crippen LogP contribution >= 0.6 is 0 Å². The summed E-state index contributed by atoms with van der Waals surface area (Å²) in [4.78, 5) is 11.6. The number of ether oxygens (including phenoxy) is 1. The van der Waals surface area contributed by atoms with Crippen LogP contribution in [0.25, 0.3) is 0 Å². The van der Waals surface area contributed by atoms with Crippen LogP contribution in [-0.4, -0.2) is 12.1 Å². The molecule has 1 aliphatic carbocycles. The van der Waals surface area contributed by atoms with Crippen molar-refractivity contribution >= 4 is 5.97 Å². The van der Waals surface area contributed by atoms with E-state index in [9.17, 15) is 4.79 Å². The Bertz CT molecular complexity index is 225. The van der Waals surface area contributed by atoms with E-state index in [2.05, 4.69) is 6.58 Å². The standard InChI is InChI=1S/C12H20O2/c1-9-5-7-10(8-6-9)14-11(13)12(2,3)4/h10H,1,5-8H2,2-4H3. The Hall–Kier alpha value is -0.790. The lowest BCUT2D eigenvalue weighted by Crippen LogP contribution is -2.29. The molecule has 0 heterocycles. The zero-order chi connectivity index (χ0) is 10.8. The molecular formula is C12H20O2. The fourth-order valence-corrected chi connectivity index (χ4v) is 1.45. The van der Waals surface area contributed by atoms with Crippen LogP contribution in [0.3, 0.4) is 0 Å². The highest BCUT2D eigenvalue weighted by molar-refractivity contribution is 5.75. The van der Waals surface area contributed by atoms with Gasteiger partial charge >= 0.3 is 5.97 Å². The molecule has 1 saturated carbocycles. The Morgan fingerprint density at radius 1 is 1.36 bits per heavy atom. The van der Waals surface area contributed by atoms with Crippen molar-refractivity contribution in [1.29, 1.82) is 0 Å². The first-order chi connectivity index (χ1) is 6.39. The van der Waals surface area contributed by atoms with Gasteiger partial charge in [-0.1, -0.05) is 12.2 Å². The summed E-state index contributed by atoms with van der Waals surface area (Å²) in [6.07, 6.45) is 4.01. The van der Waals surface area contributed by atoms with Gasteiger partial charge in [-0.15, -0.1) is 0 Å². The molecule has 1 rings (SSSR count). The molecule has 0 aromatic carbocycles. The molecule has 0 radical (unpaired) electrons. The molecule has 80 valence electrons. The van der Waals surface area contributed by atoms with Crippen molar-refractivity contribution in [2.45, 2.75) is 52.6 Å². The first-order valence-corrected chi connectivity index (χ1v) is 5.27. The summed E-state index contributed by atoms with van der Waals surface area (Å²) in [5, 5.41) is 0. The van der Waals surface area contributed by atoms with Crippen LogP contribution in [0.1, 0.15) is 46.5 Å². The van der Waals surface area contributed by atoms with E-state index in [-0.39, 0.29) is 17.5 Å². The second kappa shape index (κ2) is 4.16. The van der Waals surface area contributed by atoms with Crippen LogP contribution in [0.15, 0.2) is 12.2 Å². The third-order valence-corrected chi connectivity index (χ3v) is 2.53. The summed E-state index contributed by atoms with van der Waals surface area (Å²) in [6.45, 7) is 9.59. The second-order valence-electron chi connectivity index (χ2n) is 5.10. The lowest BCUT2D eigenvalue weighted by Gasteiger charge is -2.26. The first-order valence-electron chi connectivity index (χ1n) is 5.27. The predicted molar refractivity (Wildman–Crippen MR) is 56.9 cm³/mol. The molecular weight excluding hydrogens is 176 g/mol. The number of allylic oxidation sites excluding steroid dienone is 1. The predicted octanol–water partition coefficient (Wildman–Crippen LogP) is 3.07. The highest BCUT2D eigenvalue weighted by Crippen LogP contribution is 2.26. The van der Waals surface area contributed by atoms with Crippen LogP contribution in [0.4, 0.5) is 0 Å². The third kappa shape index (κ3) is 3.17. The van der Waals surface area contributed by atoms with Crippen LogP contribution in [0, 0.1) is 5.41 Å². The molecule has 0 saturated heterocycles. The largest absolute Gasteiger partial charge is 0.462 e. The minimum absolute atomic E-state index is 0.0880. The Balaban J connectivity index is 2.38. The van der Waals surface area contributed by atoms with Crippen molar-refractivity contribution in [1.82, 2.24) is 0 Å². The minimum Gasteiger partial charge on any atom is -0.462 e. The van der Waals surface area contributed by atoms with Gasteiger partial charge in [-0.2, -0.15) is 0 Å². The number of carbonyl (C=O) groups is 1. The fourth-order valence-electron chi connectivity index (χ4n) is 1.45. The summed E-state index contributed by atoms with van der Waals surface area (Å²) in [7, 11) is 0.